The summed E-state index contributed by atoms with van der Waals surface area (Å²) in [6.07, 6.45) is 4.10. The van der Waals surface area contributed by atoms with Crippen molar-refractivity contribution in [1.29, 1.82) is 0 Å². The van der Waals surface area contributed by atoms with Crippen molar-refractivity contribution in [3.63, 3.8) is 0 Å². The first-order valence-corrected chi connectivity index (χ1v) is 8.59. The monoisotopic (exact) mass is 311 g/mol. The molecule has 1 aliphatic heterocycles. The Hall–Kier alpha value is -2.17. The van der Waals surface area contributed by atoms with Gasteiger partial charge in [-0.15, -0.1) is 5.10 Å². The Balaban J connectivity index is 1.68. The molecule has 1 aliphatic rings. The van der Waals surface area contributed by atoms with E-state index in [4.69, 9.17) is 0 Å². The molecule has 0 spiro atoms. The zero-order valence-corrected chi connectivity index (χ0v) is 14.0. The summed E-state index contributed by atoms with van der Waals surface area (Å²) < 4.78 is 0. The molecule has 3 rings (SSSR count). The summed E-state index contributed by atoms with van der Waals surface area (Å²) in [5.41, 5.74) is 3.35. The number of aryl methyl sites for hydroxylation is 2. The second kappa shape index (κ2) is 7.40. The van der Waals surface area contributed by atoms with Crippen LogP contribution < -0.4 is 10.2 Å². The third-order valence-electron chi connectivity index (χ3n) is 4.39. The number of rotatable bonds is 5. The van der Waals surface area contributed by atoms with Crippen molar-refractivity contribution in [2.45, 2.75) is 45.6 Å². The van der Waals surface area contributed by atoms with Crippen molar-refractivity contribution in [3.8, 4) is 0 Å². The molecule has 2 heterocycles. The van der Waals surface area contributed by atoms with Gasteiger partial charge in [-0.25, -0.2) is 4.98 Å². The molecule has 1 atom stereocenters. The van der Waals surface area contributed by atoms with Gasteiger partial charge in [0, 0.05) is 24.8 Å². The van der Waals surface area contributed by atoms with Crippen LogP contribution in [-0.4, -0.2) is 34.3 Å². The van der Waals surface area contributed by atoms with E-state index >= 15 is 0 Å². The first-order valence-electron chi connectivity index (χ1n) is 8.59. The Morgan fingerprint density at radius 2 is 1.87 bits per heavy atom. The fourth-order valence-electron chi connectivity index (χ4n) is 3.15. The average Bonchev–Trinajstić information content (AvgIpc) is 2.62. The van der Waals surface area contributed by atoms with E-state index in [1.54, 1.807) is 0 Å². The van der Waals surface area contributed by atoms with Gasteiger partial charge in [0.15, 0.2) is 0 Å². The Morgan fingerprint density at radius 3 is 2.61 bits per heavy atom. The van der Waals surface area contributed by atoms with Crippen molar-refractivity contribution in [1.82, 2.24) is 15.2 Å². The van der Waals surface area contributed by atoms with Crippen LogP contribution in [0.15, 0.2) is 30.3 Å². The maximum Gasteiger partial charge on any atom is 0.243 e. The quantitative estimate of drug-likeness (QED) is 0.919. The first-order chi connectivity index (χ1) is 11.3. The molecule has 0 amide bonds. The molecule has 0 bridgehead atoms. The predicted octanol–water partition coefficient (Wildman–Crippen LogP) is 3.08. The largest absolute Gasteiger partial charge is 0.369 e. The van der Waals surface area contributed by atoms with Crippen LogP contribution in [0.5, 0.6) is 0 Å². The lowest BCUT2D eigenvalue weighted by Gasteiger charge is -2.34. The van der Waals surface area contributed by atoms with Crippen LogP contribution in [-0.2, 0) is 12.8 Å². The Bertz CT molecular complexity index is 629. The van der Waals surface area contributed by atoms with E-state index in [1.165, 1.54) is 12.1 Å². The molecule has 0 aliphatic carbocycles. The molecule has 1 saturated heterocycles. The molecule has 2 aromatic rings. The molecule has 122 valence electrons. The van der Waals surface area contributed by atoms with Gasteiger partial charge >= 0.3 is 0 Å². The third-order valence-corrected chi connectivity index (χ3v) is 4.39. The van der Waals surface area contributed by atoms with Crippen LogP contribution in [0.4, 0.5) is 11.6 Å². The highest BCUT2D eigenvalue weighted by Gasteiger charge is 2.21. The molecule has 1 aromatic heterocycles. The molecule has 0 radical (unpaired) electrons. The number of nitrogens with zero attached hydrogens (tertiary/aromatic N) is 4. The van der Waals surface area contributed by atoms with Crippen LogP contribution >= 0.6 is 0 Å². The van der Waals surface area contributed by atoms with Gasteiger partial charge in [0.05, 0.1) is 11.4 Å². The molecule has 5 heteroatoms. The summed E-state index contributed by atoms with van der Waals surface area (Å²) in [6.45, 7) is 6.29. The molecule has 23 heavy (non-hydrogen) atoms. The van der Waals surface area contributed by atoms with Crippen LogP contribution in [0.1, 0.15) is 38.1 Å². The minimum absolute atomic E-state index is 0.364. The second-order valence-electron chi connectivity index (χ2n) is 6.00. The van der Waals surface area contributed by atoms with Crippen LogP contribution in [0, 0.1) is 0 Å². The molecule has 1 aromatic carbocycles. The Morgan fingerprint density at radius 1 is 1.09 bits per heavy atom. The van der Waals surface area contributed by atoms with Crippen LogP contribution in [0.3, 0.4) is 0 Å². The van der Waals surface area contributed by atoms with Crippen LogP contribution in [0.2, 0.25) is 0 Å². The lowest BCUT2D eigenvalue weighted by molar-refractivity contribution is 0.526. The summed E-state index contributed by atoms with van der Waals surface area (Å²) >= 11 is 0. The molecular formula is C18H25N5. The zero-order valence-electron chi connectivity index (χ0n) is 14.0. The van der Waals surface area contributed by atoms with Gasteiger partial charge in [-0.2, -0.15) is 5.10 Å². The fraction of sp³-hybridized carbons (Fsp3) is 0.500. The van der Waals surface area contributed by atoms with Crippen molar-refractivity contribution in [2.24, 2.45) is 0 Å². The van der Waals surface area contributed by atoms with E-state index in [9.17, 15) is 0 Å². The topological polar surface area (TPSA) is 53.9 Å². The average molecular weight is 311 g/mol. The number of hydrogen-bond acceptors (Lipinski definition) is 5. The minimum Gasteiger partial charge on any atom is -0.369 e. The smallest absolute Gasteiger partial charge is 0.243 e. The molecule has 0 saturated carbocycles. The summed E-state index contributed by atoms with van der Waals surface area (Å²) in [6, 6.07) is 11.0. The number of aromatic nitrogens is 3. The number of hydrogen-bond donors (Lipinski definition) is 1. The maximum absolute atomic E-state index is 4.65. The number of anilines is 2. The number of piperidine rings is 1. The van der Waals surface area contributed by atoms with E-state index in [-0.39, 0.29) is 0 Å². The van der Waals surface area contributed by atoms with Crippen LogP contribution in [0.25, 0.3) is 0 Å². The Labute approximate surface area is 138 Å². The van der Waals surface area contributed by atoms with Gasteiger partial charge in [-0.05, 0) is 37.8 Å². The van der Waals surface area contributed by atoms with Gasteiger partial charge in [0.2, 0.25) is 5.95 Å². The standard InChI is InChI=1S/C18H25N5/c1-3-16-17(4-2)21-22-18(20-16)19-14-9-8-12-23(13-14)15-10-6-5-7-11-15/h5-7,10-11,14H,3-4,8-9,12-13H2,1-2H3,(H,19,20,22). The SMILES string of the molecule is CCc1nnc(NC2CCCN(c3ccccc3)C2)nc1CC. The fourth-order valence-corrected chi connectivity index (χ4v) is 3.15. The molecule has 1 fully saturated rings. The minimum atomic E-state index is 0.364. The first kappa shape index (κ1) is 15.7. The van der Waals surface area contributed by atoms with Crippen molar-refractivity contribution in [3.05, 3.63) is 41.7 Å². The summed E-state index contributed by atoms with van der Waals surface area (Å²) in [5, 5.41) is 12.1. The van der Waals surface area contributed by atoms with E-state index in [0.717, 1.165) is 43.7 Å². The lowest BCUT2D eigenvalue weighted by atomic mass is 10.1. The highest BCUT2D eigenvalue weighted by Crippen LogP contribution is 2.21. The summed E-state index contributed by atoms with van der Waals surface area (Å²) in [4.78, 5) is 7.08. The molecular weight excluding hydrogens is 286 g/mol. The third kappa shape index (κ3) is 3.78. The van der Waals surface area contributed by atoms with Gasteiger partial charge < -0.3 is 10.2 Å². The molecule has 1 unspecified atom stereocenters. The molecule has 1 N–H and O–H groups in total. The predicted molar refractivity (Wildman–Crippen MR) is 93.9 cm³/mol. The van der Waals surface area contributed by atoms with Gasteiger partial charge in [-0.3, -0.25) is 0 Å². The Kier molecular flexibility index (Phi) is 5.05. The summed E-state index contributed by atoms with van der Waals surface area (Å²) in [7, 11) is 0. The van der Waals surface area contributed by atoms with Gasteiger partial charge in [0.1, 0.15) is 0 Å². The lowest BCUT2D eigenvalue weighted by Crippen LogP contribution is -2.42. The summed E-state index contributed by atoms with van der Waals surface area (Å²) in [5.74, 6) is 0.666. The van der Waals surface area contributed by atoms with E-state index in [2.05, 4.69) is 69.6 Å². The van der Waals surface area contributed by atoms with E-state index < -0.39 is 0 Å². The van der Waals surface area contributed by atoms with Crippen molar-refractivity contribution in [2.75, 3.05) is 23.3 Å². The van der Waals surface area contributed by atoms with Gasteiger partial charge in [-0.1, -0.05) is 32.0 Å². The number of para-hydroxylation sites is 1. The molecule has 5 nitrogen and oxygen atoms in total. The van der Waals surface area contributed by atoms with Crippen molar-refractivity contribution >= 4 is 11.6 Å². The highest BCUT2D eigenvalue weighted by molar-refractivity contribution is 5.47. The number of benzene rings is 1. The zero-order chi connectivity index (χ0) is 16.1. The van der Waals surface area contributed by atoms with E-state index in [0.29, 0.717) is 12.0 Å². The maximum atomic E-state index is 4.65. The second-order valence-corrected chi connectivity index (χ2v) is 6.00. The highest BCUT2D eigenvalue weighted by atomic mass is 15.3. The van der Waals surface area contributed by atoms with Crippen molar-refractivity contribution < 1.29 is 0 Å². The van der Waals surface area contributed by atoms with E-state index in [1.807, 2.05) is 0 Å². The van der Waals surface area contributed by atoms with Gasteiger partial charge in [0.25, 0.3) is 0 Å². The normalized spacial score (nSPS) is 18.0. The number of nitrogens with one attached hydrogen (secondary N) is 1.